The van der Waals surface area contributed by atoms with Gasteiger partial charge in [-0.1, -0.05) is 0 Å². The Hall–Kier alpha value is -1.62. The van der Waals surface area contributed by atoms with Crippen molar-refractivity contribution in [2.45, 2.75) is 26.8 Å². The minimum atomic E-state index is -0.0594. The molecule has 2 aromatic rings. The molecule has 2 heterocycles. The number of carbonyl (C=O) groups excluding carboxylic acids is 1. The fourth-order valence-electron chi connectivity index (χ4n) is 1.76. The van der Waals surface area contributed by atoms with Gasteiger partial charge in [0.2, 0.25) is 0 Å². The van der Waals surface area contributed by atoms with Gasteiger partial charge in [0.15, 0.2) is 0 Å². The standard InChI is InChI=1S/C13H17N3OS/c1-8-7-18-13(14-8)9(2)15-12(17)11-5-6-16(4)10(11)3/h5-7,9H,1-4H3,(H,15,17). The van der Waals surface area contributed by atoms with E-state index < -0.39 is 0 Å². The smallest absolute Gasteiger partial charge is 0.253 e. The Morgan fingerprint density at radius 1 is 1.50 bits per heavy atom. The first-order valence-corrected chi connectivity index (χ1v) is 6.72. The molecule has 1 N–H and O–H groups in total. The van der Waals surface area contributed by atoms with Gasteiger partial charge in [0.1, 0.15) is 5.01 Å². The van der Waals surface area contributed by atoms with E-state index in [2.05, 4.69) is 10.3 Å². The Bertz CT molecular complexity index is 571. The molecule has 2 rings (SSSR count). The Morgan fingerprint density at radius 3 is 2.72 bits per heavy atom. The molecule has 2 aromatic heterocycles. The fraction of sp³-hybridized carbons (Fsp3) is 0.385. The van der Waals surface area contributed by atoms with Crippen molar-refractivity contribution < 1.29 is 4.79 Å². The summed E-state index contributed by atoms with van der Waals surface area (Å²) in [5, 5.41) is 5.91. The molecule has 0 radical (unpaired) electrons. The number of hydrogen-bond acceptors (Lipinski definition) is 3. The van der Waals surface area contributed by atoms with Crippen molar-refractivity contribution in [3.63, 3.8) is 0 Å². The molecular weight excluding hydrogens is 246 g/mol. The van der Waals surface area contributed by atoms with E-state index in [9.17, 15) is 4.79 Å². The van der Waals surface area contributed by atoms with Crippen LogP contribution in [-0.2, 0) is 7.05 Å². The van der Waals surface area contributed by atoms with Gasteiger partial charge < -0.3 is 9.88 Å². The van der Waals surface area contributed by atoms with Gasteiger partial charge in [-0.25, -0.2) is 4.98 Å². The zero-order valence-corrected chi connectivity index (χ0v) is 11.8. The number of nitrogens with zero attached hydrogens (tertiary/aromatic N) is 2. The van der Waals surface area contributed by atoms with E-state index >= 15 is 0 Å². The second-order valence-corrected chi connectivity index (χ2v) is 5.34. The van der Waals surface area contributed by atoms with Gasteiger partial charge in [0, 0.05) is 30.0 Å². The van der Waals surface area contributed by atoms with Crippen LogP contribution in [-0.4, -0.2) is 15.5 Å². The average Bonchev–Trinajstić information content (AvgIpc) is 2.87. The van der Waals surface area contributed by atoms with E-state index in [0.717, 1.165) is 22.0 Å². The highest BCUT2D eigenvalue weighted by atomic mass is 32.1. The van der Waals surface area contributed by atoms with Gasteiger partial charge in [-0.05, 0) is 26.8 Å². The molecule has 4 nitrogen and oxygen atoms in total. The van der Waals surface area contributed by atoms with Gasteiger partial charge in [-0.3, -0.25) is 4.79 Å². The largest absolute Gasteiger partial charge is 0.354 e. The molecule has 0 aromatic carbocycles. The molecule has 1 amide bonds. The van der Waals surface area contributed by atoms with Crippen molar-refractivity contribution in [3.8, 4) is 0 Å². The van der Waals surface area contributed by atoms with Gasteiger partial charge in [0.25, 0.3) is 5.91 Å². The lowest BCUT2D eigenvalue weighted by Gasteiger charge is -2.11. The van der Waals surface area contributed by atoms with Gasteiger partial charge >= 0.3 is 0 Å². The number of hydrogen-bond donors (Lipinski definition) is 1. The monoisotopic (exact) mass is 263 g/mol. The lowest BCUT2D eigenvalue weighted by Crippen LogP contribution is -2.27. The predicted octanol–water partition coefficient (Wildman–Crippen LogP) is 2.59. The van der Waals surface area contributed by atoms with Crippen molar-refractivity contribution in [1.82, 2.24) is 14.9 Å². The Labute approximate surface area is 111 Å². The number of aromatic nitrogens is 2. The molecule has 1 unspecified atom stereocenters. The zero-order valence-electron chi connectivity index (χ0n) is 11.0. The van der Waals surface area contributed by atoms with Crippen LogP contribution in [0.3, 0.4) is 0 Å². The fourth-order valence-corrected chi connectivity index (χ4v) is 2.56. The normalized spacial score (nSPS) is 12.4. The second kappa shape index (κ2) is 4.94. The van der Waals surface area contributed by atoms with Crippen molar-refractivity contribution in [2.75, 3.05) is 0 Å². The van der Waals surface area contributed by atoms with E-state index in [-0.39, 0.29) is 11.9 Å². The van der Waals surface area contributed by atoms with E-state index in [0.29, 0.717) is 0 Å². The summed E-state index contributed by atoms with van der Waals surface area (Å²) in [6.45, 7) is 5.84. The molecule has 1 atom stereocenters. The third-order valence-electron chi connectivity index (χ3n) is 2.98. The minimum Gasteiger partial charge on any atom is -0.354 e. The first-order chi connectivity index (χ1) is 8.49. The summed E-state index contributed by atoms with van der Waals surface area (Å²) in [5.41, 5.74) is 2.68. The van der Waals surface area contributed by atoms with Gasteiger partial charge in [-0.2, -0.15) is 0 Å². The first kappa shape index (κ1) is 12.8. The van der Waals surface area contributed by atoms with Crippen LogP contribution in [0.15, 0.2) is 17.6 Å². The van der Waals surface area contributed by atoms with Crippen LogP contribution in [0.1, 0.15) is 39.7 Å². The third-order valence-corrected chi connectivity index (χ3v) is 4.13. The third kappa shape index (κ3) is 2.46. The summed E-state index contributed by atoms with van der Waals surface area (Å²) in [6, 6.07) is 1.78. The number of rotatable bonds is 3. The summed E-state index contributed by atoms with van der Waals surface area (Å²) in [6.07, 6.45) is 1.89. The van der Waals surface area contributed by atoms with Crippen LogP contribution in [0.5, 0.6) is 0 Å². The lowest BCUT2D eigenvalue weighted by molar-refractivity contribution is 0.0939. The van der Waals surface area contributed by atoms with Gasteiger partial charge in [0.05, 0.1) is 11.6 Å². The molecule has 0 spiro atoms. The molecule has 0 saturated heterocycles. The SMILES string of the molecule is Cc1csc(C(C)NC(=O)c2ccn(C)c2C)n1. The minimum absolute atomic E-state index is 0.0477. The highest BCUT2D eigenvalue weighted by Crippen LogP contribution is 2.18. The number of thiazole rings is 1. The highest BCUT2D eigenvalue weighted by molar-refractivity contribution is 7.09. The molecule has 0 saturated carbocycles. The van der Waals surface area contributed by atoms with Crippen molar-refractivity contribution in [3.05, 3.63) is 39.6 Å². The van der Waals surface area contributed by atoms with Crippen LogP contribution >= 0.6 is 11.3 Å². The number of carbonyl (C=O) groups is 1. The maximum Gasteiger partial charge on any atom is 0.253 e. The molecule has 0 aliphatic carbocycles. The second-order valence-electron chi connectivity index (χ2n) is 4.45. The topological polar surface area (TPSA) is 46.9 Å². The molecule has 18 heavy (non-hydrogen) atoms. The number of amides is 1. The summed E-state index contributed by atoms with van der Waals surface area (Å²) in [5.74, 6) is -0.0477. The molecule has 5 heteroatoms. The van der Waals surface area contributed by atoms with Crippen LogP contribution < -0.4 is 5.32 Å². The maximum absolute atomic E-state index is 12.1. The molecule has 0 fully saturated rings. The van der Waals surface area contributed by atoms with Gasteiger partial charge in [-0.15, -0.1) is 11.3 Å². The molecular formula is C13H17N3OS. The Kier molecular flexibility index (Phi) is 3.52. The highest BCUT2D eigenvalue weighted by Gasteiger charge is 2.16. The summed E-state index contributed by atoms with van der Waals surface area (Å²) >= 11 is 1.57. The number of aryl methyl sites for hydroxylation is 2. The van der Waals surface area contributed by atoms with Crippen LogP contribution in [0.4, 0.5) is 0 Å². The summed E-state index contributed by atoms with van der Waals surface area (Å²) in [7, 11) is 1.93. The lowest BCUT2D eigenvalue weighted by atomic mass is 10.2. The van der Waals surface area contributed by atoms with Crippen molar-refractivity contribution in [1.29, 1.82) is 0 Å². The maximum atomic E-state index is 12.1. The number of nitrogens with one attached hydrogen (secondary N) is 1. The van der Waals surface area contributed by atoms with Crippen LogP contribution in [0.2, 0.25) is 0 Å². The van der Waals surface area contributed by atoms with E-state index in [4.69, 9.17) is 0 Å². The molecule has 0 aliphatic heterocycles. The summed E-state index contributed by atoms with van der Waals surface area (Å²) < 4.78 is 1.94. The average molecular weight is 263 g/mol. The predicted molar refractivity (Wildman–Crippen MR) is 72.9 cm³/mol. The summed E-state index contributed by atoms with van der Waals surface area (Å²) in [4.78, 5) is 16.5. The van der Waals surface area contributed by atoms with Crippen LogP contribution in [0, 0.1) is 13.8 Å². The Balaban J connectivity index is 2.10. The van der Waals surface area contributed by atoms with Crippen LogP contribution in [0.25, 0.3) is 0 Å². The zero-order chi connectivity index (χ0) is 13.3. The van der Waals surface area contributed by atoms with Crippen molar-refractivity contribution in [2.24, 2.45) is 7.05 Å². The first-order valence-electron chi connectivity index (χ1n) is 5.84. The molecule has 0 bridgehead atoms. The quantitative estimate of drug-likeness (QED) is 0.925. The molecule has 96 valence electrons. The molecule has 0 aliphatic rings. The Morgan fingerprint density at radius 2 is 2.22 bits per heavy atom. The van der Waals surface area contributed by atoms with E-state index in [1.54, 1.807) is 11.3 Å². The van der Waals surface area contributed by atoms with E-state index in [1.165, 1.54) is 0 Å². The van der Waals surface area contributed by atoms with Crippen molar-refractivity contribution >= 4 is 17.2 Å². The van der Waals surface area contributed by atoms with E-state index in [1.807, 2.05) is 50.0 Å².